The molecule has 5 heteroatoms. The molecule has 2 N–H and O–H groups in total. The SMILES string of the molecule is O=C1C=C(O)N(c2ccccc2)N(c2ccccc2)N1. The maximum atomic E-state index is 11.6. The molecule has 2 aromatic rings. The van der Waals surface area contributed by atoms with Gasteiger partial charge in [-0.25, -0.2) is 10.4 Å². The van der Waals surface area contributed by atoms with E-state index in [1.165, 1.54) is 10.1 Å². The highest BCUT2D eigenvalue weighted by atomic mass is 16.3. The molecule has 0 bridgehead atoms. The highest BCUT2D eigenvalue weighted by Crippen LogP contribution is 2.25. The molecule has 1 aliphatic rings. The van der Waals surface area contributed by atoms with Crippen LogP contribution < -0.4 is 15.6 Å². The molecule has 0 saturated carbocycles. The molecule has 1 heterocycles. The number of para-hydroxylation sites is 2. The predicted octanol–water partition coefficient (Wildman–Crippen LogP) is 2.36. The molecule has 0 radical (unpaired) electrons. The Bertz CT molecular complexity index is 641. The van der Waals surface area contributed by atoms with Gasteiger partial charge in [0.2, 0.25) is 5.88 Å². The number of carbonyl (C=O) groups excluding carboxylic acids is 1. The van der Waals surface area contributed by atoms with Gasteiger partial charge in [-0.2, -0.15) is 5.12 Å². The number of nitrogens with one attached hydrogen (secondary N) is 1. The molecule has 0 atom stereocenters. The molecule has 0 spiro atoms. The van der Waals surface area contributed by atoms with Gasteiger partial charge in [-0.05, 0) is 24.3 Å². The normalized spacial score (nSPS) is 14.8. The van der Waals surface area contributed by atoms with Crippen molar-refractivity contribution in [2.75, 3.05) is 10.1 Å². The molecule has 0 aliphatic carbocycles. The van der Waals surface area contributed by atoms with Crippen LogP contribution in [0.15, 0.2) is 72.6 Å². The monoisotopic (exact) mass is 267 g/mol. The fraction of sp³-hybridized carbons (Fsp3) is 0. The van der Waals surface area contributed by atoms with E-state index in [9.17, 15) is 9.90 Å². The number of hydrazine groups is 2. The lowest BCUT2D eigenvalue weighted by Gasteiger charge is -2.38. The molecular weight excluding hydrogens is 254 g/mol. The molecule has 0 aromatic heterocycles. The smallest absolute Gasteiger partial charge is 0.269 e. The number of hydrogen-bond donors (Lipinski definition) is 2. The minimum atomic E-state index is -0.376. The second kappa shape index (κ2) is 4.97. The summed E-state index contributed by atoms with van der Waals surface area (Å²) in [6.07, 6.45) is 1.15. The van der Waals surface area contributed by atoms with E-state index in [2.05, 4.69) is 5.43 Å². The fourth-order valence-electron chi connectivity index (χ4n) is 2.03. The summed E-state index contributed by atoms with van der Waals surface area (Å²) in [7, 11) is 0. The second-order valence-electron chi connectivity index (χ2n) is 4.27. The van der Waals surface area contributed by atoms with Crippen molar-refractivity contribution >= 4 is 17.3 Å². The highest BCUT2D eigenvalue weighted by molar-refractivity contribution is 5.92. The first-order chi connectivity index (χ1) is 9.75. The van der Waals surface area contributed by atoms with E-state index in [1.807, 2.05) is 60.7 Å². The summed E-state index contributed by atoms with van der Waals surface area (Å²) in [5.74, 6) is -0.512. The van der Waals surface area contributed by atoms with Crippen molar-refractivity contribution in [3.8, 4) is 0 Å². The van der Waals surface area contributed by atoms with Crippen LogP contribution in [0.2, 0.25) is 0 Å². The molecule has 1 aliphatic heterocycles. The first-order valence-corrected chi connectivity index (χ1v) is 6.17. The quantitative estimate of drug-likeness (QED) is 0.877. The number of rotatable bonds is 2. The van der Waals surface area contributed by atoms with Crippen molar-refractivity contribution in [1.29, 1.82) is 0 Å². The number of benzene rings is 2. The van der Waals surface area contributed by atoms with Crippen LogP contribution in [-0.2, 0) is 4.79 Å². The third-order valence-corrected chi connectivity index (χ3v) is 2.89. The summed E-state index contributed by atoms with van der Waals surface area (Å²) in [6.45, 7) is 0. The Hall–Kier alpha value is -2.95. The Morgan fingerprint density at radius 2 is 1.40 bits per heavy atom. The number of anilines is 2. The number of carbonyl (C=O) groups is 1. The van der Waals surface area contributed by atoms with Gasteiger partial charge in [-0.3, -0.25) is 4.79 Å². The Morgan fingerprint density at radius 3 is 2.00 bits per heavy atom. The third kappa shape index (κ3) is 2.16. The average Bonchev–Trinajstić information content (AvgIpc) is 2.48. The van der Waals surface area contributed by atoms with Crippen molar-refractivity contribution in [1.82, 2.24) is 5.43 Å². The van der Waals surface area contributed by atoms with Crippen molar-refractivity contribution in [3.63, 3.8) is 0 Å². The lowest BCUT2D eigenvalue weighted by Crippen LogP contribution is -2.56. The van der Waals surface area contributed by atoms with Gasteiger partial charge in [-0.15, -0.1) is 0 Å². The lowest BCUT2D eigenvalue weighted by atomic mass is 10.3. The molecule has 3 rings (SSSR count). The minimum Gasteiger partial charge on any atom is -0.493 e. The summed E-state index contributed by atoms with van der Waals surface area (Å²) in [4.78, 5) is 11.6. The first-order valence-electron chi connectivity index (χ1n) is 6.17. The van der Waals surface area contributed by atoms with E-state index in [1.54, 1.807) is 0 Å². The number of nitrogens with zero attached hydrogens (tertiary/aromatic N) is 2. The largest absolute Gasteiger partial charge is 0.493 e. The van der Waals surface area contributed by atoms with Crippen LogP contribution in [-0.4, -0.2) is 11.0 Å². The minimum absolute atomic E-state index is 0.135. The van der Waals surface area contributed by atoms with Gasteiger partial charge in [-0.1, -0.05) is 36.4 Å². The average molecular weight is 267 g/mol. The van der Waals surface area contributed by atoms with Crippen molar-refractivity contribution in [2.24, 2.45) is 0 Å². The van der Waals surface area contributed by atoms with Crippen LogP contribution in [0.5, 0.6) is 0 Å². The van der Waals surface area contributed by atoms with Gasteiger partial charge in [0.1, 0.15) is 0 Å². The highest BCUT2D eigenvalue weighted by Gasteiger charge is 2.27. The molecule has 0 unspecified atom stereocenters. The van der Waals surface area contributed by atoms with Crippen LogP contribution in [0.3, 0.4) is 0 Å². The maximum Gasteiger partial charge on any atom is 0.269 e. The maximum absolute atomic E-state index is 11.6. The zero-order valence-corrected chi connectivity index (χ0v) is 10.6. The zero-order chi connectivity index (χ0) is 13.9. The van der Waals surface area contributed by atoms with Crippen molar-refractivity contribution < 1.29 is 9.90 Å². The summed E-state index contributed by atoms with van der Waals surface area (Å²) in [5.41, 5.74) is 4.18. The van der Waals surface area contributed by atoms with E-state index in [0.717, 1.165) is 17.5 Å². The molecule has 1 amide bonds. The van der Waals surface area contributed by atoms with Crippen LogP contribution in [0, 0.1) is 0 Å². The standard InChI is InChI=1S/C15H13N3O2/c19-14-11-15(20)17(12-7-3-1-4-8-12)18(16-14)13-9-5-2-6-10-13/h1-11,20H,(H,16,19). The van der Waals surface area contributed by atoms with E-state index in [4.69, 9.17) is 0 Å². The lowest BCUT2D eigenvalue weighted by molar-refractivity contribution is -0.117. The molecule has 2 aromatic carbocycles. The molecule has 20 heavy (non-hydrogen) atoms. The van der Waals surface area contributed by atoms with Gasteiger partial charge < -0.3 is 5.11 Å². The van der Waals surface area contributed by atoms with Crippen LogP contribution >= 0.6 is 0 Å². The van der Waals surface area contributed by atoms with E-state index in [0.29, 0.717) is 0 Å². The Labute approximate surface area is 116 Å². The van der Waals surface area contributed by atoms with Gasteiger partial charge in [0.05, 0.1) is 17.5 Å². The summed E-state index contributed by atoms with van der Waals surface area (Å²) in [5, 5.41) is 13.1. The molecule has 0 saturated heterocycles. The van der Waals surface area contributed by atoms with Gasteiger partial charge >= 0.3 is 0 Å². The van der Waals surface area contributed by atoms with E-state index in [-0.39, 0.29) is 11.8 Å². The molecular formula is C15H13N3O2. The summed E-state index contributed by atoms with van der Waals surface area (Å²) >= 11 is 0. The number of hydrogen-bond acceptors (Lipinski definition) is 4. The predicted molar refractivity (Wildman–Crippen MR) is 76.7 cm³/mol. The number of amides is 1. The summed E-state index contributed by atoms with van der Waals surface area (Å²) in [6, 6.07) is 18.6. The number of aliphatic hydroxyl groups excluding tert-OH is 1. The second-order valence-corrected chi connectivity index (χ2v) is 4.27. The molecule has 100 valence electrons. The molecule has 0 fully saturated rings. The van der Waals surface area contributed by atoms with Gasteiger partial charge in [0.15, 0.2) is 0 Å². The van der Waals surface area contributed by atoms with Crippen molar-refractivity contribution in [3.05, 3.63) is 72.6 Å². The third-order valence-electron chi connectivity index (χ3n) is 2.89. The van der Waals surface area contributed by atoms with E-state index >= 15 is 0 Å². The van der Waals surface area contributed by atoms with Gasteiger partial charge in [0, 0.05) is 0 Å². The number of aliphatic hydroxyl groups is 1. The Kier molecular flexibility index (Phi) is 3.01. The Morgan fingerprint density at radius 1 is 0.850 bits per heavy atom. The Balaban J connectivity index is 2.07. The fourth-order valence-corrected chi connectivity index (χ4v) is 2.03. The topological polar surface area (TPSA) is 55.8 Å². The summed E-state index contributed by atoms with van der Waals surface area (Å²) < 4.78 is 0. The van der Waals surface area contributed by atoms with Crippen LogP contribution in [0.1, 0.15) is 0 Å². The molecule has 5 nitrogen and oxygen atoms in total. The van der Waals surface area contributed by atoms with Gasteiger partial charge in [0.25, 0.3) is 5.91 Å². The van der Waals surface area contributed by atoms with Crippen LogP contribution in [0.25, 0.3) is 0 Å². The van der Waals surface area contributed by atoms with Crippen LogP contribution in [0.4, 0.5) is 11.4 Å². The van der Waals surface area contributed by atoms with Crippen molar-refractivity contribution in [2.45, 2.75) is 0 Å². The first kappa shape index (κ1) is 12.1. The van der Waals surface area contributed by atoms with E-state index < -0.39 is 0 Å². The zero-order valence-electron chi connectivity index (χ0n) is 10.6.